The van der Waals surface area contributed by atoms with Gasteiger partial charge in [0, 0.05) is 18.8 Å². The minimum atomic E-state index is 0.450. The molecule has 4 heteroatoms. The Morgan fingerprint density at radius 1 is 1.53 bits per heavy atom. The number of piperidine rings is 1. The largest absolute Gasteiger partial charge is 0.396 e. The number of nitrogen functional groups attached to an aromatic ring is 1. The second kappa shape index (κ2) is 4.62. The van der Waals surface area contributed by atoms with Crippen LogP contribution >= 0.6 is 0 Å². The molecule has 1 aliphatic rings. The summed E-state index contributed by atoms with van der Waals surface area (Å²) in [5, 5.41) is 8.80. The van der Waals surface area contributed by atoms with Crippen LogP contribution in [0.1, 0.15) is 32.3 Å². The van der Waals surface area contributed by atoms with Crippen molar-refractivity contribution in [3.8, 4) is 6.07 Å². The van der Waals surface area contributed by atoms with Crippen LogP contribution in [0.5, 0.6) is 0 Å². The fraction of sp³-hybridized carbons (Fsp3) is 0.538. The highest BCUT2D eigenvalue weighted by Gasteiger charge is 2.26. The Labute approximate surface area is 102 Å². The van der Waals surface area contributed by atoms with Gasteiger partial charge in [-0.1, -0.05) is 6.92 Å². The van der Waals surface area contributed by atoms with Crippen molar-refractivity contribution in [3.63, 3.8) is 0 Å². The predicted molar refractivity (Wildman–Crippen MR) is 68.6 cm³/mol. The first-order valence-corrected chi connectivity index (χ1v) is 6.05. The van der Waals surface area contributed by atoms with Crippen LogP contribution in [0, 0.1) is 17.2 Å². The number of hydrogen-bond donors (Lipinski definition) is 1. The molecular formula is C13H18N4. The van der Waals surface area contributed by atoms with Crippen molar-refractivity contribution in [2.45, 2.75) is 32.7 Å². The van der Waals surface area contributed by atoms with E-state index in [0.717, 1.165) is 12.4 Å². The van der Waals surface area contributed by atoms with Crippen LogP contribution < -0.4 is 10.6 Å². The predicted octanol–water partition coefficient (Wildman–Crippen LogP) is 2.16. The summed E-state index contributed by atoms with van der Waals surface area (Å²) in [5.74, 6) is 1.48. The van der Waals surface area contributed by atoms with Gasteiger partial charge in [-0.2, -0.15) is 5.26 Å². The molecule has 17 heavy (non-hydrogen) atoms. The minimum Gasteiger partial charge on any atom is -0.396 e. The summed E-state index contributed by atoms with van der Waals surface area (Å²) in [6, 6.07) is 4.21. The van der Waals surface area contributed by atoms with Gasteiger partial charge in [0.15, 0.2) is 5.82 Å². The van der Waals surface area contributed by atoms with E-state index < -0.39 is 0 Å². The maximum Gasteiger partial charge on any atom is 0.152 e. The zero-order chi connectivity index (χ0) is 12.4. The Balaban J connectivity index is 2.31. The molecular weight excluding hydrogens is 212 g/mol. The first kappa shape index (κ1) is 11.7. The lowest BCUT2D eigenvalue weighted by Crippen LogP contribution is -2.43. The van der Waals surface area contributed by atoms with E-state index in [0.29, 0.717) is 23.2 Å². The number of hydrogen-bond acceptors (Lipinski definition) is 4. The van der Waals surface area contributed by atoms with Crippen LogP contribution in [0.2, 0.25) is 0 Å². The fourth-order valence-electron chi connectivity index (χ4n) is 2.41. The summed E-state index contributed by atoms with van der Waals surface area (Å²) >= 11 is 0. The van der Waals surface area contributed by atoms with Gasteiger partial charge >= 0.3 is 0 Å². The average Bonchev–Trinajstić information content (AvgIpc) is 2.33. The molecule has 4 nitrogen and oxygen atoms in total. The third-order valence-electron chi connectivity index (χ3n) is 3.67. The van der Waals surface area contributed by atoms with Gasteiger partial charge in [-0.15, -0.1) is 0 Å². The molecule has 0 saturated carbocycles. The monoisotopic (exact) mass is 230 g/mol. The SMILES string of the molecule is CC1CCCN(c2ncc(C#N)cc2N)C1C. The van der Waals surface area contributed by atoms with E-state index in [2.05, 4.69) is 29.8 Å². The van der Waals surface area contributed by atoms with Crippen molar-refractivity contribution in [1.82, 2.24) is 4.98 Å². The van der Waals surface area contributed by atoms with Crippen LogP contribution in [-0.4, -0.2) is 17.6 Å². The van der Waals surface area contributed by atoms with Crippen molar-refractivity contribution < 1.29 is 0 Å². The van der Waals surface area contributed by atoms with Crippen LogP contribution in [0.3, 0.4) is 0 Å². The first-order valence-electron chi connectivity index (χ1n) is 6.05. The topological polar surface area (TPSA) is 65.9 Å². The van der Waals surface area contributed by atoms with Gasteiger partial charge in [0.25, 0.3) is 0 Å². The lowest BCUT2D eigenvalue weighted by molar-refractivity contribution is 0.362. The molecule has 2 rings (SSSR count). The molecule has 2 unspecified atom stereocenters. The van der Waals surface area contributed by atoms with E-state index in [1.54, 1.807) is 12.3 Å². The first-order chi connectivity index (χ1) is 8.13. The Kier molecular flexibility index (Phi) is 3.19. The van der Waals surface area contributed by atoms with Crippen molar-refractivity contribution in [2.24, 2.45) is 5.92 Å². The zero-order valence-electron chi connectivity index (χ0n) is 10.3. The number of nitrogens with zero attached hydrogens (tertiary/aromatic N) is 3. The molecule has 0 aromatic carbocycles. The summed E-state index contributed by atoms with van der Waals surface area (Å²) in [4.78, 5) is 6.59. The van der Waals surface area contributed by atoms with E-state index in [-0.39, 0.29) is 0 Å². The van der Waals surface area contributed by atoms with Crippen LogP contribution in [0.25, 0.3) is 0 Å². The summed E-state index contributed by atoms with van der Waals surface area (Å²) in [7, 11) is 0. The summed E-state index contributed by atoms with van der Waals surface area (Å²) in [6.07, 6.45) is 4.03. The normalized spacial score (nSPS) is 24.4. The van der Waals surface area contributed by atoms with Gasteiger partial charge in [0.1, 0.15) is 6.07 Å². The second-order valence-electron chi connectivity index (χ2n) is 4.80. The molecule has 0 amide bonds. The molecule has 1 aliphatic heterocycles. The van der Waals surface area contributed by atoms with Crippen molar-refractivity contribution in [1.29, 1.82) is 5.26 Å². The van der Waals surface area contributed by atoms with Gasteiger partial charge in [0.05, 0.1) is 11.3 Å². The number of nitrogens with two attached hydrogens (primary N) is 1. The van der Waals surface area contributed by atoms with Gasteiger partial charge in [-0.05, 0) is 31.7 Å². The molecule has 2 heterocycles. The van der Waals surface area contributed by atoms with Crippen LogP contribution in [-0.2, 0) is 0 Å². The van der Waals surface area contributed by atoms with E-state index in [4.69, 9.17) is 11.0 Å². The fourth-order valence-corrected chi connectivity index (χ4v) is 2.41. The molecule has 2 N–H and O–H groups in total. The average molecular weight is 230 g/mol. The van der Waals surface area contributed by atoms with Crippen LogP contribution in [0.4, 0.5) is 11.5 Å². The Hall–Kier alpha value is -1.76. The highest BCUT2D eigenvalue weighted by molar-refractivity contribution is 5.65. The Bertz CT molecular complexity index is 449. The third kappa shape index (κ3) is 2.19. The number of anilines is 2. The van der Waals surface area contributed by atoms with Crippen molar-refractivity contribution in [3.05, 3.63) is 17.8 Å². The minimum absolute atomic E-state index is 0.450. The summed E-state index contributed by atoms with van der Waals surface area (Å²) < 4.78 is 0. The molecule has 1 aromatic heterocycles. The standard InChI is InChI=1S/C13H18N4/c1-9-4-3-5-17(10(9)2)13-12(15)6-11(7-14)8-16-13/h6,8-10H,3-5,15H2,1-2H3. The van der Waals surface area contributed by atoms with E-state index in [1.807, 2.05) is 0 Å². The molecule has 90 valence electrons. The molecule has 0 spiro atoms. The molecule has 0 bridgehead atoms. The van der Waals surface area contributed by atoms with E-state index in [1.165, 1.54) is 12.8 Å². The Morgan fingerprint density at radius 2 is 2.29 bits per heavy atom. The summed E-state index contributed by atoms with van der Waals surface area (Å²) in [6.45, 7) is 5.47. The molecule has 1 saturated heterocycles. The molecule has 1 aromatic rings. The highest BCUT2D eigenvalue weighted by Crippen LogP contribution is 2.30. The second-order valence-corrected chi connectivity index (χ2v) is 4.80. The maximum atomic E-state index is 8.80. The third-order valence-corrected chi connectivity index (χ3v) is 3.67. The van der Waals surface area contributed by atoms with Crippen LogP contribution in [0.15, 0.2) is 12.3 Å². The molecule has 1 fully saturated rings. The number of rotatable bonds is 1. The Morgan fingerprint density at radius 3 is 2.94 bits per heavy atom. The van der Waals surface area contributed by atoms with Gasteiger partial charge in [-0.25, -0.2) is 4.98 Å². The number of pyridine rings is 1. The van der Waals surface area contributed by atoms with Crippen molar-refractivity contribution in [2.75, 3.05) is 17.2 Å². The lowest BCUT2D eigenvalue weighted by atomic mass is 9.92. The molecule has 2 atom stereocenters. The number of aromatic nitrogens is 1. The molecule has 0 aliphatic carbocycles. The van der Waals surface area contributed by atoms with Gasteiger partial charge < -0.3 is 10.6 Å². The highest BCUT2D eigenvalue weighted by atomic mass is 15.2. The summed E-state index contributed by atoms with van der Waals surface area (Å²) in [5.41, 5.74) is 7.10. The lowest BCUT2D eigenvalue weighted by Gasteiger charge is -2.39. The smallest absolute Gasteiger partial charge is 0.152 e. The maximum absolute atomic E-state index is 8.80. The quantitative estimate of drug-likeness (QED) is 0.802. The molecule has 0 radical (unpaired) electrons. The van der Waals surface area contributed by atoms with E-state index in [9.17, 15) is 0 Å². The van der Waals surface area contributed by atoms with Gasteiger partial charge in [-0.3, -0.25) is 0 Å². The zero-order valence-corrected chi connectivity index (χ0v) is 10.3. The van der Waals surface area contributed by atoms with E-state index >= 15 is 0 Å². The van der Waals surface area contributed by atoms with Gasteiger partial charge in [0.2, 0.25) is 0 Å². The number of nitriles is 1. The van der Waals surface area contributed by atoms with Crippen molar-refractivity contribution >= 4 is 11.5 Å².